The van der Waals surface area contributed by atoms with E-state index in [-0.39, 0.29) is 11.8 Å². The summed E-state index contributed by atoms with van der Waals surface area (Å²) in [5, 5.41) is 15.7. The van der Waals surface area contributed by atoms with Crippen LogP contribution in [0.3, 0.4) is 0 Å². The van der Waals surface area contributed by atoms with Crippen molar-refractivity contribution in [1.29, 1.82) is 0 Å². The maximum absolute atomic E-state index is 11.9. The van der Waals surface area contributed by atoms with Gasteiger partial charge in [-0.1, -0.05) is 30.8 Å². The number of rotatable bonds is 7. The van der Waals surface area contributed by atoms with E-state index in [1.165, 1.54) is 0 Å². The average Bonchev–Trinajstić information content (AvgIpc) is 3.10. The number of hydrogen-bond donors (Lipinski definition) is 1. The Labute approximate surface area is 133 Å². The first-order chi connectivity index (χ1) is 10.5. The maximum Gasteiger partial charge on any atom is 0.273 e. The molecule has 0 aliphatic heterocycles. The van der Waals surface area contributed by atoms with Gasteiger partial charge in [-0.05, 0) is 13.8 Å². The van der Waals surface area contributed by atoms with Crippen LogP contribution in [0.4, 0.5) is 0 Å². The Kier molecular flexibility index (Phi) is 5.59. The molecule has 120 valence electrons. The molecule has 0 saturated carbocycles. The third kappa shape index (κ3) is 3.88. The molecule has 0 aromatic carbocycles. The highest BCUT2D eigenvalue weighted by atomic mass is 32.2. The fourth-order valence-electron chi connectivity index (χ4n) is 1.90. The Hall–Kier alpha value is -1.83. The molecule has 8 heteroatoms. The lowest BCUT2D eigenvalue weighted by Gasteiger charge is -2.05. The van der Waals surface area contributed by atoms with Gasteiger partial charge in [0.2, 0.25) is 0 Å². The molecule has 2 heterocycles. The van der Waals surface area contributed by atoms with Gasteiger partial charge in [-0.3, -0.25) is 4.79 Å². The summed E-state index contributed by atoms with van der Waals surface area (Å²) >= 11 is 1.57. The Balaban J connectivity index is 1.79. The summed E-state index contributed by atoms with van der Waals surface area (Å²) in [5.74, 6) is 2.33. The molecular formula is C14H21N5O2S. The topological polar surface area (TPSA) is 85.8 Å². The van der Waals surface area contributed by atoms with E-state index in [9.17, 15) is 4.79 Å². The SMILES string of the molecule is CCn1c(C)nnc1SCCNC(=O)c1cc(C(C)C)on1. The van der Waals surface area contributed by atoms with Crippen LogP contribution in [0.5, 0.6) is 0 Å². The molecule has 1 amide bonds. The molecule has 2 rings (SSSR count). The quantitative estimate of drug-likeness (QED) is 0.621. The van der Waals surface area contributed by atoms with Crippen LogP contribution in [0.25, 0.3) is 0 Å². The van der Waals surface area contributed by atoms with E-state index < -0.39 is 0 Å². The summed E-state index contributed by atoms with van der Waals surface area (Å²) in [6.45, 7) is 9.33. The van der Waals surface area contributed by atoms with Gasteiger partial charge in [-0.15, -0.1) is 10.2 Å². The van der Waals surface area contributed by atoms with Crippen LogP contribution in [0, 0.1) is 6.92 Å². The molecule has 2 aromatic rings. The predicted molar refractivity (Wildman–Crippen MR) is 84.1 cm³/mol. The number of thioether (sulfide) groups is 1. The number of aromatic nitrogens is 4. The van der Waals surface area contributed by atoms with E-state index in [0.717, 1.165) is 23.3 Å². The Morgan fingerprint density at radius 2 is 2.23 bits per heavy atom. The van der Waals surface area contributed by atoms with Gasteiger partial charge < -0.3 is 14.4 Å². The smallest absolute Gasteiger partial charge is 0.273 e. The average molecular weight is 323 g/mol. The van der Waals surface area contributed by atoms with Crippen LogP contribution >= 0.6 is 11.8 Å². The number of hydrogen-bond acceptors (Lipinski definition) is 6. The van der Waals surface area contributed by atoms with Gasteiger partial charge in [-0.2, -0.15) is 0 Å². The first-order valence-corrected chi connectivity index (χ1v) is 8.28. The highest BCUT2D eigenvalue weighted by Gasteiger charge is 2.14. The molecule has 1 N–H and O–H groups in total. The summed E-state index contributed by atoms with van der Waals surface area (Å²) in [6, 6.07) is 1.68. The highest BCUT2D eigenvalue weighted by Crippen LogP contribution is 2.16. The Morgan fingerprint density at radius 3 is 2.86 bits per heavy atom. The fraction of sp³-hybridized carbons (Fsp3) is 0.571. The van der Waals surface area contributed by atoms with Crippen molar-refractivity contribution in [1.82, 2.24) is 25.2 Å². The van der Waals surface area contributed by atoms with Crippen LogP contribution in [-0.2, 0) is 6.54 Å². The van der Waals surface area contributed by atoms with Gasteiger partial charge in [0.1, 0.15) is 11.6 Å². The lowest BCUT2D eigenvalue weighted by Crippen LogP contribution is -2.26. The van der Waals surface area contributed by atoms with E-state index >= 15 is 0 Å². The minimum absolute atomic E-state index is 0.216. The molecule has 0 saturated heterocycles. The summed E-state index contributed by atoms with van der Waals surface area (Å²) in [7, 11) is 0. The van der Waals surface area contributed by atoms with Crippen molar-refractivity contribution in [2.75, 3.05) is 12.3 Å². The van der Waals surface area contributed by atoms with Gasteiger partial charge in [-0.25, -0.2) is 0 Å². The second-order valence-electron chi connectivity index (χ2n) is 5.15. The standard InChI is InChI=1S/C14H21N5O2S/c1-5-19-10(4)16-17-14(19)22-7-6-15-13(20)11-8-12(9(2)3)21-18-11/h8-9H,5-7H2,1-4H3,(H,15,20). The molecule has 0 bridgehead atoms. The van der Waals surface area contributed by atoms with Crippen LogP contribution < -0.4 is 5.32 Å². The fourth-order valence-corrected chi connectivity index (χ4v) is 2.80. The Bertz CT molecular complexity index is 635. The second kappa shape index (κ2) is 7.44. The predicted octanol–water partition coefficient (Wildman–Crippen LogP) is 2.24. The van der Waals surface area contributed by atoms with Crippen molar-refractivity contribution in [3.63, 3.8) is 0 Å². The van der Waals surface area contributed by atoms with E-state index in [1.54, 1.807) is 17.8 Å². The lowest BCUT2D eigenvalue weighted by atomic mass is 10.1. The molecule has 0 aliphatic rings. The zero-order valence-electron chi connectivity index (χ0n) is 13.3. The van der Waals surface area contributed by atoms with Crippen molar-refractivity contribution in [3.8, 4) is 0 Å². The molecule has 0 atom stereocenters. The van der Waals surface area contributed by atoms with Crippen LogP contribution in [0.2, 0.25) is 0 Å². The largest absolute Gasteiger partial charge is 0.360 e. The summed E-state index contributed by atoms with van der Waals surface area (Å²) < 4.78 is 7.16. The molecule has 22 heavy (non-hydrogen) atoms. The third-order valence-corrected chi connectivity index (χ3v) is 4.14. The summed E-state index contributed by atoms with van der Waals surface area (Å²) in [4.78, 5) is 11.9. The third-order valence-electron chi connectivity index (χ3n) is 3.17. The van der Waals surface area contributed by atoms with Crippen LogP contribution in [0.1, 0.15) is 48.8 Å². The first-order valence-electron chi connectivity index (χ1n) is 7.30. The van der Waals surface area contributed by atoms with Crippen molar-refractivity contribution in [2.45, 2.75) is 45.3 Å². The van der Waals surface area contributed by atoms with Gasteiger partial charge in [0, 0.05) is 30.8 Å². The van der Waals surface area contributed by atoms with Crippen molar-refractivity contribution in [2.24, 2.45) is 0 Å². The normalized spacial score (nSPS) is 11.1. The van der Waals surface area contributed by atoms with Gasteiger partial charge >= 0.3 is 0 Å². The number of amides is 1. The molecular weight excluding hydrogens is 302 g/mol. The van der Waals surface area contributed by atoms with Gasteiger partial charge in [0.15, 0.2) is 10.9 Å². The molecule has 0 unspecified atom stereocenters. The van der Waals surface area contributed by atoms with Crippen LogP contribution in [-0.4, -0.2) is 38.1 Å². The number of aryl methyl sites for hydroxylation is 1. The minimum Gasteiger partial charge on any atom is -0.360 e. The monoisotopic (exact) mass is 323 g/mol. The van der Waals surface area contributed by atoms with Crippen molar-refractivity contribution < 1.29 is 9.32 Å². The minimum atomic E-state index is -0.218. The molecule has 0 spiro atoms. The number of carbonyl (C=O) groups excluding carboxylic acids is 1. The lowest BCUT2D eigenvalue weighted by molar-refractivity contribution is 0.0947. The number of nitrogens with one attached hydrogen (secondary N) is 1. The molecule has 0 radical (unpaired) electrons. The summed E-state index contributed by atoms with van der Waals surface area (Å²) in [5.41, 5.74) is 0.321. The van der Waals surface area contributed by atoms with E-state index in [0.29, 0.717) is 18.0 Å². The number of carbonyl (C=O) groups is 1. The van der Waals surface area contributed by atoms with E-state index in [4.69, 9.17) is 4.52 Å². The van der Waals surface area contributed by atoms with Crippen molar-refractivity contribution in [3.05, 3.63) is 23.3 Å². The zero-order valence-corrected chi connectivity index (χ0v) is 14.1. The molecule has 2 aromatic heterocycles. The van der Waals surface area contributed by atoms with Gasteiger partial charge in [0.05, 0.1) is 0 Å². The van der Waals surface area contributed by atoms with Crippen LogP contribution in [0.15, 0.2) is 15.7 Å². The zero-order chi connectivity index (χ0) is 16.1. The maximum atomic E-state index is 11.9. The first kappa shape index (κ1) is 16.5. The van der Waals surface area contributed by atoms with E-state index in [2.05, 4.69) is 27.6 Å². The molecule has 0 aliphatic carbocycles. The highest BCUT2D eigenvalue weighted by molar-refractivity contribution is 7.99. The Morgan fingerprint density at radius 1 is 1.45 bits per heavy atom. The number of nitrogens with zero attached hydrogens (tertiary/aromatic N) is 4. The molecule has 0 fully saturated rings. The molecule has 7 nitrogen and oxygen atoms in total. The summed E-state index contributed by atoms with van der Waals surface area (Å²) in [6.07, 6.45) is 0. The van der Waals surface area contributed by atoms with Crippen molar-refractivity contribution >= 4 is 17.7 Å². The van der Waals surface area contributed by atoms with Gasteiger partial charge in [0.25, 0.3) is 5.91 Å². The van der Waals surface area contributed by atoms with E-state index in [1.807, 2.05) is 25.3 Å². The second-order valence-corrected chi connectivity index (χ2v) is 6.21.